The summed E-state index contributed by atoms with van der Waals surface area (Å²) < 4.78 is 11.4. The van der Waals surface area contributed by atoms with Crippen LogP contribution in [0.2, 0.25) is 0 Å². The molecule has 0 bridgehead atoms. The summed E-state index contributed by atoms with van der Waals surface area (Å²) in [5.74, 6) is -0.590. The second kappa shape index (κ2) is 18.3. The smallest absolute Gasteiger partial charge is 0.336 e. The van der Waals surface area contributed by atoms with Gasteiger partial charge in [0, 0.05) is 0 Å². The van der Waals surface area contributed by atoms with Gasteiger partial charge < -0.3 is 19.7 Å². The highest BCUT2D eigenvalue weighted by molar-refractivity contribution is 6.03. The molecule has 0 aliphatic carbocycles. The van der Waals surface area contributed by atoms with Gasteiger partial charge >= 0.3 is 11.9 Å². The van der Waals surface area contributed by atoms with E-state index in [2.05, 4.69) is 20.8 Å². The summed E-state index contributed by atoms with van der Waals surface area (Å²) in [7, 11) is 0. The van der Waals surface area contributed by atoms with Crippen molar-refractivity contribution in [3.8, 4) is 11.5 Å². The molecule has 0 amide bonds. The molecule has 0 aliphatic rings. The number of rotatable bonds is 16. The lowest BCUT2D eigenvalue weighted by molar-refractivity contribution is 0.0650. The monoisotopic (exact) mass is 500 g/mol. The van der Waals surface area contributed by atoms with Gasteiger partial charge in [-0.25, -0.2) is 9.59 Å². The number of hydrogen-bond donors (Lipinski definition) is 2. The maximum atomic E-state index is 11.5. The molecule has 0 saturated heterocycles. The van der Waals surface area contributed by atoms with Crippen molar-refractivity contribution in [1.82, 2.24) is 0 Å². The molecular weight excluding hydrogens is 456 g/mol. The molecule has 0 aliphatic heterocycles. The zero-order valence-corrected chi connectivity index (χ0v) is 22.5. The fourth-order valence-corrected chi connectivity index (χ4v) is 3.70. The summed E-state index contributed by atoms with van der Waals surface area (Å²) in [5, 5.41) is 18.5. The van der Waals surface area contributed by atoms with E-state index in [0.29, 0.717) is 12.0 Å². The molecule has 2 N–H and O–H groups in total. The second-order valence-electron chi connectivity index (χ2n) is 8.79. The molecule has 0 radical (unpaired) electrons. The molecule has 0 spiro atoms. The lowest BCUT2D eigenvalue weighted by Crippen LogP contribution is -2.14. The Bertz CT molecular complexity index is 893. The number of para-hydroxylation sites is 2. The molecule has 0 heterocycles. The van der Waals surface area contributed by atoms with Gasteiger partial charge in [0.1, 0.15) is 0 Å². The highest BCUT2D eigenvalue weighted by Gasteiger charge is 2.22. The van der Waals surface area contributed by atoms with Gasteiger partial charge in [-0.2, -0.15) is 0 Å². The van der Waals surface area contributed by atoms with Gasteiger partial charge in [-0.05, 0) is 67.9 Å². The van der Waals surface area contributed by atoms with Crippen molar-refractivity contribution < 1.29 is 29.3 Å². The molecule has 2 aromatic rings. The quantitative estimate of drug-likeness (QED) is 0.228. The minimum absolute atomic E-state index is 0.0282. The number of hydrogen-bond acceptors (Lipinski definition) is 4. The molecule has 200 valence electrons. The van der Waals surface area contributed by atoms with Crippen LogP contribution in [0.25, 0.3) is 0 Å². The maximum Gasteiger partial charge on any atom is 0.336 e. The molecule has 36 heavy (non-hydrogen) atoms. The van der Waals surface area contributed by atoms with Crippen LogP contribution in [0.5, 0.6) is 11.5 Å². The average Bonchev–Trinajstić information content (AvgIpc) is 2.87. The zero-order chi connectivity index (χ0) is 26.8. The maximum absolute atomic E-state index is 11.5. The highest BCUT2D eigenvalue weighted by atomic mass is 16.5. The van der Waals surface area contributed by atoms with Crippen molar-refractivity contribution in [2.45, 2.75) is 91.9 Å². The zero-order valence-electron chi connectivity index (χ0n) is 22.5. The SMILES string of the molecule is CCCCOc1ccccc1OCCCC.CCCCc1ccc(C(=O)O)c(C(=O)O)c1CCCC. The minimum atomic E-state index is -1.18. The summed E-state index contributed by atoms with van der Waals surface area (Å²) in [6.45, 7) is 9.97. The van der Waals surface area contributed by atoms with Crippen molar-refractivity contribution in [1.29, 1.82) is 0 Å². The minimum Gasteiger partial charge on any atom is -0.490 e. The van der Waals surface area contributed by atoms with Gasteiger partial charge in [0.25, 0.3) is 0 Å². The Balaban J connectivity index is 0.000000369. The summed E-state index contributed by atoms with van der Waals surface area (Å²) in [6, 6.07) is 11.1. The van der Waals surface area contributed by atoms with Crippen LogP contribution in [0.1, 0.15) is 111 Å². The molecule has 2 aromatic carbocycles. The topological polar surface area (TPSA) is 93.1 Å². The van der Waals surface area contributed by atoms with E-state index in [4.69, 9.17) is 14.6 Å². The number of carboxylic acids is 2. The van der Waals surface area contributed by atoms with Crippen molar-refractivity contribution in [2.24, 2.45) is 0 Å². The molecule has 0 fully saturated rings. The summed E-state index contributed by atoms with van der Waals surface area (Å²) in [5.41, 5.74) is 1.54. The van der Waals surface area contributed by atoms with E-state index in [1.807, 2.05) is 31.2 Å². The van der Waals surface area contributed by atoms with Gasteiger partial charge in [-0.3, -0.25) is 0 Å². The lowest BCUT2D eigenvalue weighted by Gasteiger charge is -2.14. The molecule has 0 aromatic heterocycles. The molecule has 0 atom stereocenters. The first-order valence-electron chi connectivity index (χ1n) is 13.4. The summed E-state index contributed by atoms with van der Waals surface area (Å²) in [6.07, 6.45) is 9.71. The van der Waals surface area contributed by atoms with Crippen LogP contribution in [-0.4, -0.2) is 35.4 Å². The van der Waals surface area contributed by atoms with E-state index < -0.39 is 11.9 Å². The first-order chi connectivity index (χ1) is 17.4. The third kappa shape index (κ3) is 10.7. The van der Waals surface area contributed by atoms with Crippen molar-refractivity contribution in [2.75, 3.05) is 13.2 Å². The van der Waals surface area contributed by atoms with Crippen molar-refractivity contribution in [3.63, 3.8) is 0 Å². The number of benzene rings is 2. The van der Waals surface area contributed by atoms with Crippen LogP contribution in [-0.2, 0) is 12.8 Å². The van der Waals surface area contributed by atoms with E-state index >= 15 is 0 Å². The molecule has 2 rings (SSSR count). The molecule has 0 saturated carbocycles. The third-order valence-corrected chi connectivity index (χ3v) is 5.79. The highest BCUT2D eigenvalue weighted by Crippen LogP contribution is 2.27. The van der Waals surface area contributed by atoms with Gasteiger partial charge in [0.05, 0.1) is 24.3 Å². The van der Waals surface area contributed by atoms with E-state index in [1.54, 1.807) is 6.07 Å². The number of unbranched alkanes of at least 4 members (excludes halogenated alkanes) is 4. The molecular formula is C30H44O6. The van der Waals surface area contributed by atoms with Crippen LogP contribution in [0.3, 0.4) is 0 Å². The van der Waals surface area contributed by atoms with Gasteiger partial charge in [0.2, 0.25) is 0 Å². The normalized spacial score (nSPS) is 10.3. The molecule has 0 unspecified atom stereocenters. The Morgan fingerprint density at radius 3 is 1.61 bits per heavy atom. The summed E-state index contributed by atoms with van der Waals surface area (Å²) >= 11 is 0. The third-order valence-electron chi connectivity index (χ3n) is 5.79. The van der Waals surface area contributed by atoms with Crippen LogP contribution in [0, 0.1) is 0 Å². The van der Waals surface area contributed by atoms with E-state index in [9.17, 15) is 14.7 Å². The molecule has 6 nitrogen and oxygen atoms in total. The Morgan fingerprint density at radius 1 is 0.667 bits per heavy atom. The number of aromatic carboxylic acids is 2. The fourth-order valence-electron chi connectivity index (χ4n) is 3.70. The average molecular weight is 501 g/mol. The number of ether oxygens (including phenoxy) is 2. The Hall–Kier alpha value is -3.02. The van der Waals surface area contributed by atoms with E-state index in [-0.39, 0.29) is 11.1 Å². The van der Waals surface area contributed by atoms with Gasteiger partial charge in [-0.1, -0.05) is 71.6 Å². The van der Waals surface area contributed by atoms with Crippen LogP contribution in [0.15, 0.2) is 36.4 Å². The standard InChI is InChI=1S/C16H22O4.C14H22O2/c1-3-5-7-11-9-10-13(15(17)18)14(16(19)20)12(11)8-6-4-2;1-3-5-11-15-13-9-7-8-10-14(13)16-12-6-4-2/h9-10H,3-8H2,1-2H3,(H,17,18)(H,19,20);7-10H,3-6,11-12H2,1-2H3. The van der Waals surface area contributed by atoms with Gasteiger partial charge in [0.15, 0.2) is 11.5 Å². The Labute approximate surface area is 216 Å². The Kier molecular flexibility index (Phi) is 15.7. The largest absolute Gasteiger partial charge is 0.490 e. The number of aryl methyl sites for hydroxylation is 1. The number of carboxylic acid groups (broad SMARTS) is 2. The predicted molar refractivity (Wildman–Crippen MR) is 145 cm³/mol. The number of carbonyl (C=O) groups is 2. The Morgan fingerprint density at radius 2 is 1.17 bits per heavy atom. The predicted octanol–water partition coefficient (Wildman–Crippen LogP) is 7.81. The first kappa shape index (κ1) is 31.0. The van der Waals surface area contributed by atoms with Crippen LogP contribution < -0.4 is 9.47 Å². The first-order valence-corrected chi connectivity index (χ1v) is 13.4. The lowest BCUT2D eigenvalue weighted by atomic mass is 9.90. The molecule has 6 heteroatoms. The summed E-state index contributed by atoms with van der Waals surface area (Å²) in [4.78, 5) is 22.7. The second-order valence-corrected chi connectivity index (χ2v) is 8.79. The van der Waals surface area contributed by atoms with Crippen LogP contribution >= 0.6 is 0 Å². The van der Waals surface area contributed by atoms with Gasteiger partial charge in [-0.15, -0.1) is 0 Å². The van der Waals surface area contributed by atoms with Crippen LogP contribution in [0.4, 0.5) is 0 Å². The fraction of sp³-hybridized carbons (Fsp3) is 0.533. The van der Waals surface area contributed by atoms with E-state index in [0.717, 1.165) is 88.1 Å². The van der Waals surface area contributed by atoms with Crippen molar-refractivity contribution in [3.05, 3.63) is 58.7 Å². The van der Waals surface area contributed by atoms with E-state index in [1.165, 1.54) is 6.07 Å². The van der Waals surface area contributed by atoms with Crippen molar-refractivity contribution >= 4 is 11.9 Å².